The number of carbonyl (C=O) groups excluding carboxylic acids is 1. The van der Waals surface area contributed by atoms with Crippen LogP contribution in [0.1, 0.15) is 33.6 Å². The Balaban J connectivity index is 2.06. The lowest BCUT2D eigenvalue weighted by Gasteiger charge is -2.58. The van der Waals surface area contributed by atoms with Gasteiger partial charge in [-0.15, -0.1) is 0 Å². The van der Waals surface area contributed by atoms with Crippen LogP contribution >= 0.6 is 11.8 Å². The second-order valence-corrected chi connectivity index (χ2v) is 7.32. The maximum Gasteiger partial charge on any atom is 0.243 e. The first-order valence-electron chi connectivity index (χ1n) is 7.21. The highest BCUT2D eigenvalue weighted by Gasteiger charge is 2.63. The molecule has 1 aliphatic carbocycles. The van der Waals surface area contributed by atoms with Crippen LogP contribution in [0.4, 0.5) is 0 Å². The Kier molecular flexibility index (Phi) is 4.48. The molecule has 2 rings (SSSR count). The van der Waals surface area contributed by atoms with E-state index in [0.717, 1.165) is 31.0 Å². The van der Waals surface area contributed by atoms with Gasteiger partial charge in [-0.3, -0.25) is 4.79 Å². The Morgan fingerprint density at radius 1 is 1.42 bits per heavy atom. The standard InChI is InChI=1S/C14H26N2O2S/c1-4-18-11-10-14(15,13(11,2)3)12(17)16-6-5-8-19-9-7-16/h11H,4-10,15H2,1-3H3. The van der Waals surface area contributed by atoms with Crippen LogP contribution in [0.5, 0.6) is 0 Å². The molecule has 5 heteroatoms. The van der Waals surface area contributed by atoms with Gasteiger partial charge in [-0.1, -0.05) is 13.8 Å². The average Bonchev–Trinajstić information content (AvgIpc) is 2.66. The van der Waals surface area contributed by atoms with Gasteiger partial charge in [-0.05, 0) is 19.1 Å². The zero-order chi connectivity index (χ0) is 14.1. The summed E-state index contributed by atoms with van der Waals surface area (Å²) in [5.74, 6) is 2.29. The van der Waals surface area contributed by atoms with E-state index in [1.807, 2.05) is 23.6 Å². The third-order valence-electron chi connectivity index (χ3n) is 4.72. The Morgan fingerprint density at radius 3 is 2.79 bits per heavy atom. The third kappa shape index (κ3) is 2.52. The predicted octanol–water partition coefficient (Wildman–Crippen LogP) is 1.48. The van der Waals surface area contributed by atoms with Crippen molar-refractivity contribution in [1.29, 1.82) is 0 Å². The van der Waals surface area contributed by atoms with Crippen LogP contribution in [0.2, 0.25) is 0 Å². The van der Waals surface area contributed by atoms with Gasteiger partial charge in [-0.2, -0.15) is 11.8 Å². The van der Waals surface area contributed by atoms with Gasteiger partial charge in [0.25, 0.3) is 0 Å². The molecule has 19 heavy (non-hydrogen) atoms. The monoisotopic (exact) mass is 286 g/mol. The van der Waals surface area contributed by atoms with Gasteiger partial charge in [0, 0.05) is 37.3 Å². The van der Waals surface area contributed by atoms with Crippen molar-refractivity contribution < 1.29 is 9.53 Å². The summed E-state index contributed by atoms with van der Waals surface area (Å²) in [6.07, 6.45) is 1.82. The lowest BCUT2D eigenvalue weighted by molar-refractivity contribution is -0.179. The minimum Gasteiger partial charge on any atom is -0.378 e. The summed E-state index contributed by atoms with van der Waals surface area (Å²) in [6.45, 7) is 8.46. The zero-order valence-electron chi connectivity index (χ0n) is 12.3. The van der Waals surface area contributed by atoms with E-state index in [4.69, 9.17) is 10.5 Å². The van der Waals surface area contributed by atoms with Crippen molar-refractivity contribution in [2.45, 2.75) is 45.3 Å². The van der Waals surface area contributed by atoms with Gasteiger partial charge in [0.1, 0.15) is 5.54 Å². The molecule has 1 aliphatic heterocycles. The SMILES string of the molecule is CCOC1CC(N)(C(=O)N2CCCSCC2)C1(C)C. The van der Waals surface area contributed by atoms with E-state index >= 15 is 0 Å². The van der Waals surface area contributed by atoms with Gasteiger partial charge in [0.05, 0.1) is 6.10 Å². The summed E-state index contributed by atoms with van der Waals surface area (Å²) in [7, 11) is 0. The maximum atomic E-state index is 12.8. The van der Waals surface area contributed by atoms with E-state index in [9.17, 15) is 4.79 Å². The number of hydrogen-bond acceptors (Lipinski definition) is 4. The molecule has 0 bridgehead atoms. The fourth-order valence-corrected chi connectivity index (χ4v) is 3.92. The van der Waals surface area contributed by atoms with Crippen LogP contribution in [-0.2, 0) is 9.53 Å². The number of ether oxygens (including phenoxy) is 1. The predicted molar refractivity (Wildman–Crippen MR) is 79.3 cm³/mol. The number of hydrogen-bond donors (Lipinski definition) is 1. The first-order valence-corrected chi connectivity index (χ1v) is 8.36. The third-order valence-corrected chi connectivity index (χ3v) is 5.77. The quantitative estimate of drug-likeness (QED) is 0.854. The van der Waals surface area contributed by atoms with Gasteiger partial charge in [0.2, 0.25) is 5.91 Å². The molecule has 0 spiro atoms. The van der Waals surface area contributed by atoms with E-state index in [-0.39, 0.29) is 17.4 Å². The molecule has 0 aromatic carbocycles. The van der Waals surface area contributed by atoms with E-state index in [2.05, 4.69) is 13.8 Å². The van der Waals surface area contributed by atoms with Crippen molar-refractivity contribution in [3.05, 3.63) is 0 Å². The average molecular weight is 286 g/mol. The first kappa shape index (κ1) is 15.1. The number of thioether (sulfide) groups is 1. The molecule has 1 amide bonds. The molecule has 2 N–H and O–H groups in total. The minimum absolute atomic E-state index is 0.104. The summed E-state index contributed by atoms with van der Waals surface area (Å²) in [4.78, 5) is 14.7. The maximum absolute atomic E-state index is 12.8. The van der Waals surface area contributed by atoms with Crippen LogP contribution in [0, 0.1) is 5.41 Å². The van der Waals surface area contributed by atoms with Gasteiger partial charge < -0.3 is 15.4 Å². The summed E-state index contributed by atoms with van der Waals surface area (Å²) in [6, 6.07) is 0. The molecule has 2 unspecified atom stereocenters. The summed E-state index contributed by atoms with van der Waals surface area (Å²) >= 11 is 1.92. The summed E-state index contributed by atoms with van der Waals surface area (Å²) in [5, 5.41) is 0. The highest BCUT2D eigenvalue weighted by atomic mass is 32.2. The van der Waals surface area contributed by atoms with Crippen molar-refractivity contribution >= 4 is 17.7 Å². The number of nitrogens with two attached hydrogens (primary N) is 1. The van der Waals surface area contributed by atoms with Crippen LogP contribution in [0.15, 0.2) is 0 Å². The van der Waals surface area contributed by atoms with Crippen molar-refractivity contribution in [2.24, 2.45) is 11.1 Å². The number of carbonyl (C=O) groups is 1. The van der Waals surface area contributed by atoms with Gasteiger partial charge in [-0.25, -0.2) is 0 Å². The fraction of sp³-hybridized carbons (Fsp3) is 0.929. The molecule has 1 heterocycles. The second-order valence-electron chi connectivity index (χ2n) is 6.10. The molecule has 2 atom stereocenters. The molecule has 1 saturated heterocycles. The zero-order valence-corrected chi connectivity index (χ0v) is 13.1. The van der Waals surface area contributed by atoms with E-state index in [1.165, 1.54) is 0 Å². The number of nitrogens with zero attached hydrogens (tertiary/aromatic N) is 1. The van der Waals surface area contributed by atoms with Crippen molar-refractivity contribution in [3.8, 4) is 0 Å². The highest BCUT2D eigenvalue weighted by molar-refractivity contribution is 7.99. The molecule has 110 valence electrons. The molecule has 4 nitrogen and oxygen atoms in total. The lowest BCUT2D eigenvalue weighted by atomic mass is 9.54. The van der Waals surface area contributed by atoms with E-state index in [1.54, 1.807) is 0 Å². The molecule has 0 aromatic heterocycles. The normalized spacial score (nSPS) is 34.5. The van der Waals surface area contributed by atoms with E-state index in [0.29, 0.717) is 13.0 Å². The summed E-state index contributed by atoms with van der Waals surface area (Å²) in [5.41, 5.74) is 5.42. The molecule has 1 saturated carbocycles. The molecule has 2 aliphatic rings. The Bertz CT molecular complexity index is 340. The topological polar surface area (TPSA) is 55.6 Å². The smallest absolute Gasteiger partial charge is 0.243 e. The molecular formula is C14H26N2O2S. The van der Waals surface area contributed by atoms with Crippen LogP contribution in [0.25, 0.3) is 0 Å². The molecule has 2 fully saturated rings. The van der Waals surface area contributed by atoms with Gasteiger partial charge in [0.15, 0.2) is 0 Å². The summed E-state index contributed by atoms with van der Waals surface area (Å²) < 4.78 is 5.70. The second kappa shape index (κ2) is 5.62. The van der Waals surface area contributed by atoms with Crippen LogP contribution in [0.3, 0.4) is 0 Å². The highest BCUT2D eigenvalue weighted by Crippen LogP contribution is 2.50. The van der Waals surface area contributed by atoms with E-state index < -0.39 is 5.54 Å². The van der Waals surface area contributed by atoms with Crippen molar-refractivity contribution in [2.75, 3.05) is 31.2 Å². The van der Waals surface area contributed by atoms with Crippen LogP contribution in [-0.4, -0.2) is 53.7 Å². The van der Waals surface area contributed by atoms with Crippen molar-refractivity contribution in [3.63, 3.8) is 0 Å². The molecule has 0 radical (unpaired) electrons. The first-order chi connectivity index (χ1) is 8.93. The Labute approximate surface area is 120 Å². The molecular weight excluding hydrogens is 260 g/mol. The Morgan fingerprint density at radius 2 is 2.16 bits per heavy atom. The Hall–Kier alpha value is -0.260. The molecule has 0 aromatic rings. The number of amides is 1. The largest absolute Gasteiger partial charge is 0.378 e. The number of rotatable bonds is 3. The van der Waals surface area contributed by atoms with Gasteiger partial charge >= 0.3 is 0 Å². The fourth-order valence-electron chi connectivity index (χ4n) is 3.03. The minimum atomic E-state index is -0.748. The lowest BCUT2D eigenvalue weighted by Crippen LogP contribution is -2.76. The van der Waals surface area contributed by atoms with Crippen molar-refractivity contribution in [1.82, 2.24) is 4.90 Å². The van der Waals surface area contributed by atoms with Crippen LogP contribution < -0.4 is 5.73 Å².